The number of amides is 1. The Morgan fingerprint density at radius 1 is 1.37 bits per heavy atom. The molecule has 30 heavy (non-hydrogen) atoms. The third-order valence-electron chi connectivity index (χ3n) is 4.85. The Morgan fingerprint density at radius 2 is 2.07 bits per heavy atom. The fraction of sp³-hybridized carbons (Fsp3) is 0.450. The van der Waals surface area contributed by atoms with Gasteiger partial charge < -0.3 is 29.7 Å². The molecule has 162 valence electrons. The monoisotopic (exact) mass is 419 g/mol. The van der Waals surface area contributed by atoms with Crippen LogP contribution in [0.15, 0.2) is 41.3 Å². The summed E-state index contributed by atoms with van der Waals surface area (Å²) in [4.78, 5) is 29.0. The molecule has 10 heteroatoms. The maximum atomic E-state index is 12.7. The predicted octanol–water partition coefficient (Wildman–Crippen LogP) is 0.432. The SMILES string of the molecule is COC(C)O[C@@H]1[C@H](O)[C@@H](CO)O[C@H]1n1cc(C)c(NC(=O)c2ccccc2)nc1=O. The van der Waals surface area contributed by atoms with Crippen LogP contribution in [-0.4, -0.2) is 64.0 Å². The van der Waals surface area contributed by atoms with Crippen LogP contribution in [0.25, 0.3) is 0 Å². The minimum absolute atomic E-state index is 0.116. The fourth-order valence-electron chi connectivity index (χ4n) is 3.16. The molecule has 0 bridgehead atoms. The molecule has 2 aromatic rings. The summed E-state index contributed by atoms with van der Waals surface area (Å²) in [6, 6.07) is 8.55. The molecule has 1 fully saturated rings. The van der Waals surface area contributed by atoms with Crippen molar-refractivity contribution in [2.45, 2.75) is 44.7 Å². The van der Waals surface area contributed by atoms with Crippen molar-refractivity contribution < 1.29 is 29.2 Å². The smallest absolute Gasteiger partial charge is 0.351 e. The number of hydrogen-bond donors (Lipinski definition) is 3. The first-order valence-corrected chi connectivity index (χ1v) is 9.44. The first kappa shape index (κ1) is 22.1. The summed E-state index contributed by atoms with van der Waals surface area (Å²) in [6.07, 6.45) is -3.34. The van der Waals surface area contributed by atoms with Crippen LogP contribution in [-0.2, 0) is 14.2 Å². The largest absolute Gasteiger partial charge is 0.394 e. The minimum atomic E-state index is -1.18. The van der Waals surface area contributed by atoms with E-state index in [1.807, 2.05) is 0 Å². The molecule has 2 heterocycles. The van der Waals surface area contributed by atoms with E-state index in [1.54, 1.807) is 44.2 Å². The number of aryl methyl sites for hydroxylation is 1. The molecule has 1 amide bonds. The lowest BCUT2D eigenvalue weighted by molar-refractivity contribution is -0.182. The summed E-state index contributed by atoms with van der Waals surface area (Å²) in [5, 5.41) is 22.5. The van der Waals surface area contributed by atoms with Crippen molar-refractivity contribution in [3.8, 4) is 0 Å². The maximum Gasteiger partial charge on any atom is 0.351 e. The highest BCUT2D eigenvalue weighted by atomic mass is 16.7. The normalized spacial score (nSPS) is 24.6. The van der Waals surface area contributed by atoms with E-state index in [-0.39, 0.29) is 5.82 Å². The van der Waals surface area contributed by atoms with E-state index in [0.717, 1.165) is 0 Å². The summed E-state index contributed by atoms with van der Waals surface area (Å²) in [6.45, 7) is 2.85. The van der Waals surface area contributed by atoms with Crippen molar-refractivity contribution in [1.82, 2.24) is 9.55 Å². The number of anilines is 1. The van der Waals surface area contributed by atoms with Gasteiger partial charge in [0.25, 0.3) is 5.91 Å². The van der Waals surface area contributed by atoms with Crippen molar-refractivity contribution in [3.63, 3.8) is 0 Å². The van der Waals surface area contributed by atoms with Crippen LogP contribution in [0.3, 0.4) is 0 Å². The molecule has 1 saturated heterocycles. The molecule has 1 aliphatic rings. The maximum absolute atomic E-state index is 12.7. The van der Waals surface area contributed by atoms with Crippen LogP contribution in [0.2, 0.25) is 0 Å². The number of ether oxygens (including phenoxy) is 3. The van der Waals surface area contributed by atoms with E-state index in [4.69, 9.17) is 14.2 Å². The summed E-state index contributed by atoms with van der Waals surface area (Å²) >= 11 is 0. The van der Waals surface area contributed by atoms with Crippen molar-refractivity contribution in [2.75, 3.05) is 19.0 Å². The van der Waals surface area contributed by atoms with E-state index in [0.29, 0.717) is 11.1 Å². The number of benzene rings is 1. The van der Waals surface area contributed by atoms with Gasteiger partial charge in [0.1, 0.15) is 24.1 Å². The molecule has 0 aliphatic carbocycles. The van der Waals surface area contributed by atoms with Gasteiger partial charge in [0.2, 0.25) is 0 Å². The molecule has 3 N–H and O–H groups in total. The third-order valence-corrected chi connectivity index (χ3v) is 4.85. The Morgan fingerprint density at radius 3 is 2.70 bits per heavy atom. The molecule has 0 spiro atoms. The first-order valence-electron chi connectivity index (χ1n) is 9.44. The molecule has 5 atom stereocenters. The molecule has 3 rings (SSSR count). The summed E-state index contributed by atoms with van der Waals surface area (Å²) in [5.74, 6) is -0.281. The number of aliphatic hydroxyl groups is 2. The van der Waals surface area contributed by atoms with E-state index in [9.17, 15) is 19.8 Å². The number of nitrogens with one attached hydrogen (secondary N) is 1. The zero-order chi connectivity index (χ0) is 21.8. The van der Waals surface area contributed by atoms with E-state index in [2.05, 4.69) is 10.3 Å². The van der Waals surface area contributed by atoms with Gasteiger partial charge in [-0.1, -0.05) is 18.2 Å². The Labute approximate surface area is 173 Å². The lowest BCUT2D eigenvalue weighted by Gasteiger charge is -2.25. The van der Waals surface area contributed by atoms with Crippen LogP contribution in [0.4, 0.5) is 5.82 Å². The van der Waals surface area contributed by atoms with Gasteiger partial charge in [-0.3, -0.25) is 9.36 Å². The molecule has 0 radical (unpaired) electrons. The average molecular weight is 419 g/mol. The van der Waals surface area contributed by atoms with Crippen molar-refractivity contribution in [2.24, 2.45) is 0 Å². The number of carbonyl (C=O) groups is 1. The topological polar surface area (TPSA) is 132 Å². The zero-order valence-electron chi connectivity index (χ0n) is 16.9. The second-order valence-corrected chi connectivity index (χ2v) is 6.92. The van der Waals surface area contributed by atoms with Gasteiger partial charge in [-0.25, -0.2) is 4.79 Å². The number of aliphatic hydroxyl groups excluding tert-OH is 2. The van der Waals surface area contributed by atoms with E-state index < -0.39 is 49.0 Å². The van der Waals surface area contributed by atoms with Crippen molar-refractivity contribution in [1.29, 1.82) is 0 Å². The second-order valence-electron chi connectivity index (χ2n) is 6.92. The third kappa shape index (κ3) is 4.58. The Bertz CT molecular complexity index is 934. The van der Waals surface area contributed by atoms with Gasteiger partial charge in [-0.2, -0.15) is 4.98 Å². The van der Waals surface area contributed by atoms with Gasteiger partial charge in [0.05, 0.1) is 6.61 Å². The average Bonchev–Trinajstić information content (AvgIpc) is 3.06. The molecule has 1 unspecified atom stereocenters. The van der Waals surface area contributed by atoms with Crippen molar-refractivity contribution in [3.05, 3.63) is 58.1 Å². The fourth-order valence-corrected chi connectivity index (χ4v) is 3.16. The van der Waals surface area contributed by atoms with Crippen molar-refractivity contribution >= 4 is 11.7 Å². The lowest BCUT2D eigenvalue weighted by atomic mass is 10.1. The summed E-state index contributed by atoms with van der Waals surface area (Å²) in [5.41, 5.74) is 0.222. The molecular formula is C20H25N3O7. The molecular weight excluding hydrogens is 394 g/mol. The standard InChI is InChI=1S/C20H25N3O7/c1-11-9-23(19-16(29-12(2)28-3)15(25)14(10-24)30-19)20(27)22-17(11)21-18(26)13-7-5-4-6-8-13/h4-9,12,14-16,19,24-25H,10H2,1-3H3,(H,21,22,26,27)/t12?,14-,15-,16-,19-/m1/s1. The second kappa shape index (κ2) is 9.45. The van der Waals surface area contributed by atoms with Gasteiger partial charge >= 0.3 is 5.69 Å². The number of nitrogens with zero attached hydrogens (tertiary/aromatic N) is 2. The van der Waals surface area contributed by atoms with Gasteiger partial charge in [0.15, 0.2) is 12.5 Å². The molecule has 1 aliphatic heterocycles. The van der Waals surface area contributed by atoms with E-state index >= 15 is 0 Å². The summed E-state index contributed by atoms with van der Waals surface area (Å²) < 4.78 is 17.5. The first-order chi connectivity index (χ1) is 14.3. The highest BCUT2D eigenvalue weighted by Gasteiger charge is 2.46. The number of methoxy groups -OCH3 is 1. The van der Waals surface area contributed by atoms with Gasteiger partial charge in [-0.05, 0) is 26.0 Å². The predicted molar refractivity (Wildman–Crippen MR) is 106 cm³/mol. The van der Waals surface area contributed by atoms with Crippen LogP contribution in [0, 0.1) is 6.92 Å². The van der Waals surface area contributed by atoms with Crippen LogP contribution in [0.5, 0.6) is 0 Å². The Kier molecular flexibility index (Phi) is 6.95. The van der Waals surface area contributed by atoms with Crippen LogP contribution >= 0.6 is 0 Å². The molecule has 0 saturated carbocycles. The Balaban J connectivity index is 1.88. The minimum Gasteiger partial charge on any atom is -0.394 e. The number of hydrogen-bond acceptors (Lipinski definition) is 8. The van der Waals surface area contributed by atoms with Gasteiger partial charge in [0, 0.05) is 24.4 Å². The van der Waals surface area contributed by atoms with Crippen LogP contribution in [0.1, 0.15) is 29.1 Å². The quantitative estimate of drug-likeness (QED) is 0.551. The number of aromatic nitrogens is 2. The molecule has 1 aromatic heterocycles. The summed E-state index contributed by atoms with van der Waals surface area (Å²) in [7, 11) is 1.44. The van der Waals surface area contributed by atoms with Crippen LogP contribution < -0.4 is 11.0 Å². The molecule has 1 aromatic carbocycles. The molecule has 10 nitrogen and oxygen atoms in total. The van der Waals surface area contributed by atoms with E-state index in [1.165, 1.54) is 17.9 Å². The Hall–Kier alpha value is -2.63. The highest BCUT2D eigenvalue weighted by molar-refractivity contribution is 6.03. The zero-order valence-corrected chi connectivity index (χ0v) is 16.9. The lowest BCUT2D eigenvalue weighted by Crippen LogP contribution is -2.40. The highest BCUT2D eigenvalue weighted by Crippen LogP contribution is 2.32. The number of rotatable bonds is 7. The number of carbonyl (C=O) groups excluding carboxylic acids is 1. The van der Waals surface area contributed by atoms with Gasteiger partial charge in [-0.15, -0.1) is 0 Å².